The number of halogens is 19. The lowest BCUT2D eigenvalue weighted by atomic mass is 9.98. The van der Waals surface area contributed by atoms with Crippen molar-refractivity contribution in [3.05, 3.63) is 120 Å². The van der Waals surface area contributed by atoms with Crippen LogP contribution in [-0.2, 0) is 12.4 Å². The molecule has 0 aromatic heterocycles. The number of nitrogens with zero attached hydrogens (tertiary/aromatic N) is 3. The third-order valence-electron chi connectivity index (χ3n) is 6.83. The second kappa shape index (κ2) is 12.4. The lowest BCUT2D eigenvalue weighted by Gasteiger charge is -2.14. The fourth-order valence-corrected chi connectivity index (χ4v) is 4.67. The van der Waals surface area contributed by atoms with E-state index < -0.39 is 149 Å². The predicted molar refractivity (Wildman–Crippen MR) is 126 cm³/mol. The maximum atomic E-state index is 15.0. The Labute approximate surface area is 267 Å². The molecular weight excluding hydrogens is 751 g/mol. The molecule has 51 heavy (non-hydrogen) atoms. The van der Waals surface area contributed by atoms with Gasteiger partial charge in [-0.2, -0.15) is 42.1 Å². The van der Waals surface area contributed by atoms with Gasteiger partial charge in [0.25, 0.3) is 0 Å². The summed E-state index contributed by atoms with van der Waals surface area (Å²) >= 11 is 0. The molecule has 0 saturated heterocycles. The van der Waals surface area contributed by atoms with E-state index in [9.17, 15) is 99.2 Å². The van der Waals surface area contributed by atoms with Gasteiger partial charge in [-0.25, -0.2) is 57.1 Å². The van der Waals surface area contributed by atoms with Crippen LogP contribution < -0.4 is 0 Å². The normalized spacial score (nSPS) is 14.9. The van der Waals surface area contributed by atoms with Crippen molar-refractivity contribution in [2.75, 3.05) is 0 Å². The zero-order valence-electron chi connectivity index (χ0n) is 23.0. The van der Waals surface area contributed by atoms with E-state index in [0.717, 1.165) is 0 Å². The summed E-state index contributed by atoms with van der Waals surface area (Å²) in [4.78, 5) is 0. The molecule has 4 rings (SSSR count). The van der Waals surface area contributed by atoms with Crippen molar-refractivity contribution in [3.8, 4) is 18.2 Å². The molecule has 0 atom stereocenters. The van der Waals surface area contributed by atoms with Crippen LogP contribution in [0.4, 0.5) is 83.4 Å². The van der Waals surface area contributed by atoms with Crippen LogP contribution in [0.25, 0.3) is 16.7 Å². The minimum Gasteiger partial charge on any atom is -0.203 e. The maximum absolute atomic E-state index is 15.0. The molecule has 3 aromatic carbocycles. The highest BCUT2D eigenvalue weighted by Gasteiger charge is 2.49. The van der Waals surface area contributed by atoms with E-state index >= 15 is 0 Å². The van der Waals surface area contributed by atoms with E-state index in [0.29, 0.717) is 18.2 Å². The summed E-state index contributed by atoms with van der Waals surface area (Å²) in [7, 11) is 0. The highest BCUT2D eigenvalue weighted by Crippen LogP contribution is 2.58. The zero-order valence-corrected chi connectivity index (χ0v) is 23.0. The predicted octanol–water partition coefficient (Wildman–Crippen LogP) is 9.78. The molecule has 0 bridgehead atoms. The smallest absolute Gasteiger partial charge is 0.203 e. The van der Waals surface area contributed by atoms with E-state index in [1.807, 2.05) is 0 Å². The van der Waals surface area contributed by atoms with E-state index in [2.05, 4.69) is 0 Å². The number of hydrogen-bond acceptors (Lipinski definition) is 3. The molecule has 1 aliphatic rings. The molecule has 0 N–H and O–H groups in total. The molecule has 3 nitrogen and oxygen atoms in total. The quantitative estimate of drug-likeness (QED) is 0.116. The summed E-state index contributed by atoms with van der Waals surface area (Å²) in [6, 6.07) is 2.02. The molecule has 22 heteroatoms. The molecule has 0 unspecified atom stereocenters. The molecule has 0 heterocycles. The summed E-state index contributed by atoms with van der Waals surface area (Å²) in [5.41, 5.74) is -26.0. The van der Waals surface area contributed by atoms with Gasteiger partial charge in [0.15, 0.2) is 69.8 Å². The number of allylic oxidation sites excluding steroid dienone is 6. The van der Waals surface area contributed by atoms with Crippen LogP contribution in [0.3, 0.4) is 0 Å². The third-order valence-corrected chi connectivity index (χ3v) is 6.83. The van der Waals surface area contributed by atoms with Crippen molar-refractivity contribution in [3.63, 3.8) is 0 Å². The lowest BCUT2D eigenvalue weighted by molar-refractivity contribution is -0.144. The van der Waals surface area contributed by atoms with Gasteiger partial charge in [-0.3, -0.25) is 0 Å². The first-order valence-electron chi connectivity index (χ1n) is 12.3. The first kappa shape index (κ1) is 37.8. The van der Waals surface area contributed by atoms with Gasteiger partial charge in [-0.15, -0.1) is 0 Å². The Morgan fingerprint density at radius 2 is 0.490 bits per heavy atom. The minimum absolute atomic E-state index is 0.655. The van der Waals surface area contributed by atoms with Gasteiger partial charge in [-0.1, -0.05) is 0 Å². The van der Waals surface area contributed by atoms with Gasteiger partial charge in [0.2, 0.25) is 5.82 Å². The van der Waals surface area contributed by atoms with Crippen LogP contribution in [0.5, 0.6) is 0 Å². The number of benzene rings is 3. The molecule has 264 valence electrons. The first-order valence-corrected chi connectivity index (χ1v) is 12.3. The number of hydrogen-bond donors (Lipinski definition) is 0. The molecule has 0 spiro atoms. The van der Waals surface area contributed by atoms with Crippen molar-refractivity contribution in [2.24, 2.45) is 0 Å². The average molecular weight is 751 g/mol. The molecule has 3 aromatic rings. The number of alkyl halides is 6. The molecule has 1 aliphatic carbocycles. The van der Waals surface area contributed by atoms with Gasteiger partial charge in [-0.05, 0) is 0 Å². The van der Waals surface area contributed by atoms with Crippen molar-refractivity contribution in [1.82, 2.24) is 0 Å². The number of nitriles is 3. The van der Waals surface area contributed by atoms with Crippen LogP contribution in [0.15, 0.2) is 16.7 Å². The average Bonchev–Trinajstić information content (AvgIpc) is 3.75. The Balaban J connectivity index is 2.37. The monoisotopic (exact) mass is 751 g/mol. The summed E-state index contributed by atoms with van der Waals surface area (Å²) in [6.45, 7) is 0. The van der Waals surface area contributed by atoms with E-state index in [-0.39, 0.29) is 0 Å². The van der Waals surface area contributed by atoms with E-state index in [4.69, 9.17) is 0 Å². The van der Waals surface area contributed by atoms with Crippen LogP contribution in [0, 0.1) is 110 Å². The maximum Gasteiger partial charge on any atom is 0.422 e. The molecule has 0 radical (unpaired) electrons. The van der Waals surface area contributed by atoms with E-state index in [1.54, 1.807) is 0 Å². The standard InChI is InChI=1S/C29F19N3/c30-15-10(16(31)22(37)13(21(15)36)28(43,44)45)4(1-49)7-8(9(7)6(3-51)12-19(34)25(40)27(42)26(41)20(12)35)5(2-50)11-17(32)23(38)14(29(46,47)48)24(39)18(11)33. The van der Waals surface area contributed by atoms with Crippen molar-refractivity contribution >= 4 is 16.7 Å². The Kier molecular flexibility index (Phi) is 9.21. The SMILES string of the molecule is N#CC(=C1C(=C(C#N)c2c(F)c(F)c(C(F)(F)F)c(F)c2F)C1=C(C#N)c1c(F)c(F)c(C(F)(F)F)c(F)c1F)c1c(F)c(F)c(F)c(F)c1F. The second-order valence-electron chi connectivity index (χ2n) is 9.54. The van der Waals surface area contributed by atoms with Gasteiger partial charge in [0.1, 0.15) is 29.3 Å². The Hall–Kier alpha value is -5.98. The zero-order chi connectivity index (χ0) is 39.0. The first-order chi connectivity index (χ1) is 23.4. The lowest BCUT2D eigenvalue weighted by Crippen LogP contribution is -2.17. The molecular formula is C29F19N3. The van der Waals surface area contributed by atoms with Gasteiger partial charge < -0.3 is 0 Å². The summed E-state index contributed by atoms with van der Waals surface area (Å²) in [5.74, 6) is -40.4. The van der Waals surface area contributed by atoms with Crippen molar-refractivity contribution in [2.45, 2.75) is 12.4 Å². The van der Waals surface area contributed by atoms with Crippen molar-refractivity contribution in [1.29, 1.82) is 15.8 Å². The topological polar surface area (TPSA) is 71.4 Å². The fourth-order valence-electron chi connectivity index (χ4n) is 4.67. The van der Waals surface area contributed by atoms with Crippen LogP contribution >= 0.6 is 0 Å². The Bertz CT molecular complexity index is 2130. The van der Waals surface area contributed by atoms with E-state index in [1.165, 1.54) is 0 Å². The third kappa shape index (κ3) is 5.58. The highest BCUT2D eigenvalue weighted by molar-refractivity contribution is 6.12. The summed E-state index contributed by atoms with van der Waals surface area (Å²) < 4.78 is 268. The molecule has 1 saturated carbocycles. The summed E-state index contributed by atoms with van der Waals surface area (Å²) in [5, 5.41) is 29.0. The highest BCUT2D eigenvalue weighted by atomic mass is 19.4. The fraction of sp³-hybridized carbons (Fsp3) is 0.0690. The van der Waals surface area contributed by atoms with Gasteiger partial charge in [0, 0.05) is 16.7 Å². The summed E-state index contributed by atoms with van der Waals surface area (Å²) in [6.07, 6.45) is -12.4. The second-order valence-corrected chi connectivity index (χ2v) is 9.54. The van der Waals surface area contributed by atoms with Crippen LogP contribution in [-0.4, -0.2) is 0 Å². The van der Waals surface area contributed by atoms with Crippen molar-refractivity contribution < 1.29 is 83.4 Å². The molecule has 0 aliphatic heterocycles. The largest absolute Gasteiger partial charge is 0.422 e. The van der Waals surface area contributed by atoms with Gasteiger partial charge in [0.05, 0.1) is 33.4 Å². The molecule has 0 amide bonds. The van der Waals surface area contributed by atoms with Crippen LogP contribution in [0.1, 0.15) is 27.8 Å². The molecule has 1 fully saturated rings. The Morgan fingerprint density at radius 1 is 0.314 bits per heavy atom. The van der Waals surface area contributed by atoms with Crippen LogP contribution in [0.2, 0.25) is 0 Å². The minimum atomic E-state index is -6.22. The Morgan fingerprint density at radius 3 is 0.667 bits per heavy atom. The van der Waals surface area contributed by atoms with Gasteiger partial charge >= 0.3 is 12.4 Å². The number of rotatable bonds is 3.